The Balaban J connectivity index is 2.26. The Labute approximate surface area is 128 Å². The van der Waals surface area contributed by atoms with Gasteiger partial charge in [-0.05, 0) is 49.2 Å². The normalized spacial score (nSPS) is 11.2. The first-order chi connectivity index (χ1) is 9.60. The van der Waals surface area contributed by atoms with Crippen LogP contribution in [-0.4, -0.2) is 9.38 Å². The first-order valence-electron chi connectivity index (χ1n) is 6.40. The Morgan fingerprint density at radius 2 is 1.95 bits per heavy atom. The van der Waals surface area contributed by atoms with Gasteiger partial charge < -0.3 is 4.40 Å². The number of nitrogens with zero attached hydrogens (tertiary/aromatic N) is 2. The number of benzene rings is 1. The largest absolute Gasteiger partial charge is 0.302 e. The average Bonchev–Trinajstić information content (AvgIpc) is 2.79. The molecular weight excluding hydrogens is 291 g/mol. The Morgan fingerprint density at radius 1 is 1.15 bits per heavy atom. The lowest BCUT2D eigenvalue weighted by Gasteiger charge is -2.04. The lowest BCUT2D eigenvalue weighted by molar-refractivity contribution is 1.08. The minimum Gasteiger partial charge on any atom is -0.302 e. The molecule has 2 nitrogen and oxygen atoms in total. The molecular formula is C16H14Cl2N2. The summed E-state index contributed by atoms with van der Waals surface area (Å²) in [6.07, 6.45) is 2.02. The lowest BCUT2D eigenvalue weighted by atomic mass is 10.1. The molecule has 3 aromatic rings. The monoisotopic (exact) mass is 304 g/mol. The van der Waals surface area contributed by atoms with E-state index < -0.39 is 0 Å². The van der Waals surface area contributed by atoms with Crippen molar-refractivity contribution < 1.29 is 0 Å². The first-order valence-corrected chi connectivity index (χ1v) is 7.31. The fourth-order valence-electron chi connectivity index (χ4n) is 2.35. The predicted molar refractivity (Wildman–Crippen MR) is 84.7 cm³/mol. The summed E-state index contributed by atoms with van der Waals surface area (Å²) in [7, 11) is 0. The van der Waals surface area contributed by atoms with Gasteiger partial charge >= 0.3 is 0 Å². The minimum atomic E-state index is 0.418. The van der Waals surface area contributed by atoms with Gasteiger partial charge in [0.2, 0.25) is 0 Å². The molecule has 0 aliphatic heterocycles. The molecule has 0 fully saturated rings. The molecule has 0 aliphatic carbocycles. The third-order valence-electron chi connectivity index (χ3n) is 3.44. The van der Waals surface area contributed by atoms with Crippen molar-refractivity contribution in [2.45, 2.75) is 19.7 Å². The fourth-order valence-corrected chi connectivity index (χ4v) is 2.72. The summed E-state index contributed by atoms with van der Waals surface area (Å²) >= 11 is 12.2. The Hall–Kier alpha value is -1.51. The van der Waals surface area contributed by atoms with Crippen LogP contribution in [0.2, 0.25) is 5.02 Å². The molecule has 0 saturated carbocycles. The van der Waals surface area contributed by atoms with Crippen LogP contribution in [0.5, 0.6) is 0 Å². The van der Waals surface area contributed by atoms with E-state index >= 15 is 0 Å². The van der Waals surface area contributed by atoms with Gasteiger partial charge in [0.25, 0.3) is 0 Å². The molecule has 20 heavy (non-hydrogen) atoms. The summed E-state index contributed by atoms with van der Waals surface area (Å²) < 4.78 is 2.04. The minimum absolute atomic E-state index is 0.418. The molecule has 0 radical (unpaired) electrons. The van der Waals surface area contributed by atoms with Gasteiger partial charge in [0.05, 0.1) is 17.3 Å². The lowest BCUT2D eigenvalue weighted by Crippen LogP contribution is -1.91. The maximum atomic E-state index is 6.13. The van der Waals surface area contributed by atoms with Gasteiger partial charge in [-0.3, -0.25) is 0 Å². The number of fused-ring (bicyclic) bond motifs is 1. The van der Waals surface area contributed by atoms with E-state index in [-0.39, 0.29) is 0 Å². The molecule has 0 spiro atoms. The van der Waals surface area contributed by atoms with Crippen LogP contribution in [0.4, 0.5) is 0 Å². The number of hydrogen-bond donors (Lipinski definition) is 0. The fraction of sp³-hybridized carbons (Fsp3) is 0.188. The second-order valence-electron chi connectivity index (χ2n) is 4.94. The summed E-state index contributed by atoms with van der Waals surface area (Å²) in [5, 5.41) is 0.765. The van der Waals surface area contributed by atoms with Crippen molar-refractivity contribution >= 4 is 28.8 Å². The molecule has 0 unspecified atom stereocenters. The molecule has 0 saturated heterocycles. The highest BCUT2D eigenvalue weighted by Gasteiger charge is 2.13. The second kappa shape index (κ2) is 5.12. The van der Waals surface area contributed by atoms with E-state index in [9.17, 15) is 0 Å². The van der Waals surface area contributed by atoms with E-state index in [0.717, 1.165) is 33.2 Å². The van der Waals surface area contributed by atoms with Crippen molar-refractivity contribution in [3.05, 3.63) is 58.4 Å². The summed E-state index contributed by atoms with van der Waals surface area (Å²) in [6, 6.07) is 10.1. The maximum absolute atomic E-state index is 6.13. The third-order valence-corrected chi connectivity index (χ3v) is 4.12. The first kappa shape index (κ1) is 13.5. The van der Waals surface area contributed by atoms with E-state index in [1.165, 1.54) is 5.56 Å². The zero-order chi connectivity index (χ0) is 14.3. The van der Waals surface area contributed by atoms with E-state index in [0.29, 0.717) is 5.88 Å². The number of hydrogen-bond acceptors (Lipinski definition) is 1. The van der Waals surface area contributed by atoms with E-state index in [1.807, 2.05) is 35.7 Å². The molecule has 4 heteroatoms. The van der Waals surface area contributed by atoms with Crippen molar-refractivity contribution in [3.63, 3.8) is 0 Å². The summed E-state index contributed by atoms with van der Waals surface area (Å²) in [6.45, 7) is 4.05. The predicted octanol–water partition coefficient (Wildman–Crippen LogP) is 5.01. The maximum Gasteiger partial charge on any atom is 0.137 e. The van der Waals surface area contributed by atoms with Crippen LogP contribution in [0.1, 0.15) is 16.8 Å². The Bertz CT molecular complexity index is 791. The van der Waals surface area contributed by atoms with Crippen LogP contribution in [0.15, 0.2) is 36.5 Å². The second-order valence-corrected chi connectivity index (χ2v) is 5.61. The zero-order valence-corrected chi connectivity index (χ0v) is 12.8. The van der Waals surface area contributed by atoms with Crippen LogP contribution in [0.3, 0.4) is 0 Å². The molecule has 0 bridgehead atoms. The third kappa shape index (κ3) is 2.19. The number of halogens is 2. The summed E-state index contributed by atoms with van der Waals surface area (Å²) in [4.78, 5) is 4.72. The molecule has 0 N–H and O–H groups in total. The van der Waals surface area contributed by atoms with Gasteiger partial charge in [0.1, 0.15) is 5.65 Å². The van der Waals surface area contributed by atoms with Crippen molar-refractivity contribution in [1.82, 2.24) is 9.38 Å². The van der Waals surface area contributed by atoms with Crippen LogP contribution < -0.4 is 0 Å². The van der Waals surface area contributed by atoms with Gasteiger partial charge in [0.15, 0.2) is 0 Å². The van der Waals surface area contributed by atoms with Crippen molar-refractivity contribution in [2.24, 2.45) is 0 Å². The van der Waals surface area contributed by atoms with E-state index in [1.54, 1.807) is 0 Å². The molecule has 2 heterocycles. The van der Waals surface area contributed by atoms with E-state index in [2.05, 4.69) is 19.1 Å². The summed E-state index contributed by atoms with van der Waals surface area (Å²) in [5.74, 6) is 0.418. The Kier molecular flexibility index (Phi) is 3.45. The molecule has 3 rings (SSSR count). The number of alkyl halides is 1. The zero-order valence-electron chi connectivity index (χ0n) is 11.3. The van der Waals surface area contributed by atoms with Crippen molar-refractivity contribution in [3.8, 4) is 11.3 Å². The van der Waals surface area contributed by atoms with Gasteiger partial charge in [0, 0.05) is 16.8 Å². The standard InChI is InChI=1S/C16H14Cl2N2/c1-10-5-6-20-14(9-17)16(19-15(20)7-10)12-3-4-13(18)11(2)8-12/h3-8H,9H2,1-2H3. The highest BCUT2D eigenvalue weighted by molar-refractivity contribution is 6.31. The number of pyridine rings is 1. The smallest absolute Gasteiger partial charge is 0.137 e. The summed E-state index contributed by atoms with van der Waals surface area (Å²) in [5.41, 5.74) is 6.11. The molecule has 0 atom stereocenters. The van der Waals surface area contributed by atoms with E-state index in [4.69, 9.17) is 28.2 Å². The number of aromatic nitrogens is 2. The van der Waals surface area contributed by atoms with Crippen molar-refractivity contribution in [2.75, 3.05) is 0 Å². The molecule has 0 amide bonds. The highest BCUT2D eigenvalue weighted by Crippen LogP contribution is 2.29. The highest BCUT2D eigenvalue weighted by atomic mass is 35.5. The van der Waals surface area contributed by atoms with Gasteiger partial charge in [-0.25, -0.2) is 4.98 Å². The SMILES string of the molecule is Cc1ccn2c(CCl)c(-c3ccc(Cl)c(C)c3)nc2c1. The van der Waals surface area contributed by atoms with Crippen LogP contribution in [0.25, 0.3) is 16.9 Å². The van der Waals surface area contributed by atoms with Crippen LogP contribution >= 0.6 is 23.2 Å². The molecule has 102 valence electrons. The van der Waals surface area contributed by atoms with Crippen LogP contribution in [-0.2, 0) is 5.88 Å². The van der Waals surface area contributed by atoms with Crippen molar-refractivity contribution in [1.29, 1.82) is 0 Å². The van der Waals surface area contributed by atoms with Gasteiger partial charge in [-0.2, -0.15) is 0 Å². The average molecular weight is 305 g/mol. The molecule has 1 aromatic carbocycles. The topological polar surface area (TPSA) is 17.3 Å². The van der Waals surface area contributed by atoms with Gasteiger partial charge in [-0.15, -0.1) is 11.6 Å². The number of rotatable bonds is 2. The quantitative estimate of drug-likeness (QED) is 0.608. The number of aryl methyl sites for hydroxylation is 2. The van der Waals surface area contributed by atoms with Gasteiger partial charge in [-0.1, -0.05) is 17.7 Å². The molecule has 2 aromatic heterocycles. The Morgan fingerprint density at radius 3 is 2.65 bits per heavy atom. The number of imidazole rings is 1. The van der Waals surface area contributed by atoms with Crippen LogP contribution in [0, 0.1) is 13.8 Å². The molecule has 0 aliphatic rings.